The van der Waals surface area contributed by atoms with Gasteiger partial charge in [-0.15, -0.1) is 6.42 Å². The Morgan fingerprint density at radius 1 is 1.14 bits per heavy atom. The number of hydrogen-bond acceptors (Lipinski definition) is 4. The number of terminal acetylenes is 1. The zero-order valence-electron chi connectivity index (χ0n) is 18.1. The number of hydrogen-bond donors (Lipinski definition) is 0. The molecule has 1 amide bonds. The maximum Gasteiger partial charge on any atom is 0.261 e. The number of nitrogens with zero attached hydrogens (tertiary/aromatic N) is 4. The van der Waals surface area contributed by atoms with Crippen LogP contribution in [-0.4, -0.2) is 26.9 Å². The molecule has 0 aliphatic carbocycles. The summed E-state index contributed by atoms with van der Waals surface area (Å²) >= 11 is 5.87. The van der Waals surface area contributed by atoms with E-state index in [4.69, 9.17) is 18.0 Å². The van der Waals surface area contributed by atoms with Crippen LogP contribution >= 0.6 is 11.6 Å². The zero-order chi connectivity index (χ0) is 25.3. The maximum atomic E-state index is 15.1. The van der Waals surface area contributed by atoms with E-state index in [2.05, 4.69) is 10.9 Å². The molecule has 11 heteroatoms. The van der Waals surface area contributed by atoms with Crippen molar-refractivity contribution in [3.05, 3.63) is 91.6 Å². The lowest BCUT2D eigenvalue weighted by molar-refractivity contribution is 0.0732. The van der Waals surface area contributed by atoms with Crippen molar-refractivity contribution in [2.24, 2.45) is 0 Å². The Balaban J connectivity index is 1.66. The second-order valence-electron chi connectivity index (χ2n) is 7.77. The van der Waals surface area contributed by atoms with Crippen LogP contribution in [0.5, 0.6) is 0 Å². The van der Waals surface area contributed by atoms with E-state index < -0.39 is 41.1 Å². The zero-order valence-corrected chi connectivity index (χ0v) is 18.8. The summed E-state index contributed by atoms with van der Waals surface area (Å²) in [5.41, 5.74) is -0.331. The molecule has 6 nitrogen and oxygen atoms in total. The molecule has 0 radical (unpaired) electrons. The predicted octanol–water partition coefficient (Wildman–Crippen LogP) is 4.04. The standard InChI is InChI=1S/C24H17ClF4N4O2/c1-2-10-32-23(35)17-13-31(22(34)14-3-6-16(25)7-4-14)11-9-19(17)30-24(32)33(29)12-15-5-8-18(26)21(28)20(15)27/h1,3-8H,9-13H2. The molecule has 35 heavy (non-hydrogen) atoms. The Labute approximate surface area is 202 Å². The van der Waals surface area contributed by atoms with Gasteiger partial charge < -0.3 is 4.90 Å². The minimum atomic E-state index is -1.74. The normalized spacial score (nSPS) is 12.7. The van der Waals surface area contributed by atoms with Crippen LogP contribution in [-0.2, 0) is 26.1 Å². The number of rotatable bonds is 5. The quantitative estimate of drug-likeness (QED) is 0.228. The van der Waals surface area contributed by atoms with Crippen molar-refractivity contribution in [2.45, 2.75) is 26.1 Å². The molecule has 0 bridgehead atoms. The Bertz CT molecular complexity index is 1400. The lowest BCUT2D eigenvalue weighted by Crippen LogP contribution is -2.42. The van der Waals surface area contributed by atoms with Gasteiger partial charge in [-0.3, -0.25) is 14.2 Å². The minimum absolute atomic E-state index is 0.0555. The number of carbonyl (C=O) groups excluding carboxylic acids is 1. The van der Waals surface area contributed by atoms with Gasteiger partial charge in [0.25, 0.3) is 11.5 Å². The Kier molecular flexibility index (Phi) is 6.80. The van der Waals surface area contributed by atoms with Crippen LogP contribution in [0.15, 0.2) is 41.2 Å². The van der Waals surface area contributed by atoms with Crippen molar-refractivity contribution in [3.8, 4) is 12.3 Å². The van der Waals surface area contributed by atoms with Crippen LogP contribution < -0.4 is 10.7 Å². The first kappa shape index (κ1) is 24.3. The highest BCUT2D eigenvalue weighted by atomic mass is 35.5. The molecule has 2 heterocycles. The third-order valence-electron chi connectivity index (χ3n) is 5.56. The first-order valence-electron chi connectivity index (χ1n) is 10.4. The number of carbonyl (C=O) groups is 1. The Morgan fingerprint density at radius 2 is 1.86 bits per heavy atom. The second-order valence-corrected chi connectivity index (χ2v) is 8.21. The Morgan fingerprint density at radius 3 is 2.54 bits per heavy atom. The van der Waals surface area contributed by atoms with Gasteiger partial charge in [0.1, 0.15) is 0 Å². The molecule has 0 saturated heterocycles. The van der Waals surface area contributed by atoms with E-state index in [0.717, 1.165) is 10.6 Å². The number of anilines is 1. The molecule has 1 aliphatic rings. The summed E-state index contributed by atoms with van der Waals surface area (Å²) in [6.45, 7) is -1.07. The highest BCUT2D eigenvalue weighted by Gasteiger charge is 2.29. The molecule has 1 aliphatic heterocycles. The van der Waals surface area contributed by atoms with Gasteiger partial charge in [-0.1, -0.05) is 28.1 Å². The fourth-order valence-electron chi connectivity index (χ4n) is 3.78. The van der Waals surface area contributed by atoms with Gasteiger partial charge in [-0.2, -0.15) is 5.12 Å². The highest BCUT2D eigenvalue weighted by Crippen LogP contribution is 2.24. The van der Waals surface area contributed by atoms with E-state index in [1.54, 1.807) is 24.3 Å². The molecule has 2 aromatic carbocycles. The molecule has 0 spiro atoms. The third kappa shape index (κ3) is 4.72. The van der Waals surface area contributed by atoms with Gasteiger partial charge in [-0.25, -0.2) is 18.2 Å². The highest BCUT2D eigenvalue weighted by molar-refractivity contribution is 6.30. The summed E-state index contributed by atoms with van der Waals surface area (Å²) in [5.74, 6) is -3.28. The fraction of sp³-hybridized carbons (Fsp3) is 0.208. The van der Waals surface area contributed by atoms with Crippen molar-refractivity contribution in [3.63, 3.8) is 0 Å². The van der Waals surface area contributed by atoms with E-state index in [0.29, 0.717) is 16.7 Å². The van der Waals surface area contributed by atoms with Crippen molar-refractivity contribution >= 4 is 23.5 Å². The van der Waals surface area contributed by atoms with Gasteiger partial charge in [0, 0.05) is 29.1 Å². The number of amides is 1. The SMILES string of the molecule is C#CCn1c(N(F)Cc2ccc(F)c(F)c2F)nc2c(c1=O)CN(C(=O)c1ccc(Cl)cc1)CC2. The van der Waals surface area contributed by atoms with Crippen molar-refractivity contribution < 1.29 is 22.4 Å². The lowest BCUT2D eigenvalue weighted by Gasteiger charge is -2.29. The first-order valence-corrected chi connectivity index (χ1v) is 10.8. The van der Waals surface area contributed by atoms with Crippen LogP contribution in [0.4, 0.5) is 23.6 Å². The lowest BCUT2D eigenvalue weighted by atomic mass is 10.1. The summed E-state index contributed by atoms with van der Waals surface area (Å²) in [5, 5.41) is 0.415. The van der Waals surface area contributed by atoms with E-state index >= 15 is 4.48 Å². The summed E-state index contributed by atoms with van der Waals surface area (Å²) in [6, 6.07) is 7.84. The number of halogens is 5. The van der Waals surface area contributed by atoms with Crippen LogP contribution in [0.25, 0.3) is 0 Å². The second kappa shape index (κ2) is 9.80. The smallest absolute Gasteiger partial charge is 0.261 e. The fourth-order valence-corrected chi connectivity index (χ4v) is 3.90. The van der Waals surface area contributed by atoms with Crippen molar-refractivity contribution in [1.29, 1.82) is 0 Å². The Hall–Kier alpha value is -3.84. The molecule has 0 saturated carbocycles. The first-order chi connectivity index (χ1) is 16.7. The van der Waals surface area contributed by atoms with Gasteiger partial charge in [0.05, 0.1) is 30.9 Å². The molecule has 3 aromatic rings. The van der Waals surface area contributed by atoms with Crippen LogP contribution in [0.3, 0.4) is 0 Å². The number of aromatic nitrogens is 2. The largest absolute Gasteiger partial charge is 0.334 e. The van der Waals surface area contributed by atoms with E-state index in [1.165, 1.54) is 4.90 Å². The molecular weight excluding hydrogens is 488 g/mol. The molecule has 0 fully saturated rings. The average Bonchev–Trinajstić information content (AvgIpc) is 2.85. The monoisotopic (exact) mass is 504 g/mol. The average molecular weight is 505 g/mol. The summed E-state index contributed by atoms with van der Waals surface area (Å²) in [4.78, 5) is 31.7. The molecule has 1 aromatic heterocycles. The van der Waals surface area contributed by atoms with Crippen molar-refractivity contribution in [1.82, 2.24) is 14.5 Å². The summed E-state index contributed by atoms with van der Waals surface area (Å²) < 4.78 is 56.8. The van der Waals surface area contributed by atoms with Gasteiger partial charge in [0.15, 0.2) is 17.5 Å². The van der Waals surface area contributed by atoms with E-state index in [-0.39, 0.29) is 48.3 Å². The van der Waals surface area contributed by atoms with Crippen molar-refractivity contribution in [2.75, 3.05) is 11.7 Å². The van der Waals surface area contributed by atoms with E-state index in [9.17, 15) is 22.8 Å². The summed E-state index contributed by atoms with van der Waals surface area (Å²) in [7, 11) is 0. The molecule has 0 unspecified atom stereocenters. The molecule has 0 atom stereocenters. The predicted molar refractivity (Wildman–Crippen MR) is 121 cm³/mol. The van der Waals surface area contributed by atoms with Crippen LogP contribution in [0.2, 0.25) is 5.02 Å². The molecular formula is C24H17ClF4N4O2. The minimum Gasteiger partial charge on any atom is -0.334 e. The molecule has 0 N–H and O–H groups in total. The maximum absolute atomic E-state index is 15.1. The number of benzene rings is 2. The van der Waals surface area contributed by atoms with Gasteiger partial charge in [-0.05, 0) is 30.3 Å². The topological polar surface area (TPSA) is 58.4 Å². The number of fused-ring (bicyclic) bond motifs is 1. The summed E-state index contributed by atoms with van der Waals surface area (Å²) in [6.07, 6.45) is 5.50. The van der Waals surface area contributed by atoms with Crippen LogP contribution in [0.1, 0.15) is 27.2 Å². The molecule has 4 rings (SSSR count). The third-order valence-corrected chi connectivity index (χ3v) is 5.82. The van der Waals surface area contributed by atoms with Gasteiger partial charge >= 0.3 is 0 Å². The van der Waals surface area contributed by atoms with Crippen LogP contribution in [0, 0.1) is 29.8 Å². The molecule has 180 valence electrons. The van der Waals surface area contributed by atoms with E-state index in [1.807, 2.05) is 0 Å². The van der Waals surface area contributed by atoms with Gasteiger partial charge in [0.2, 0.25) is 5.95 Å².